The third-order valence-corrected chi connectivity index (χ3v) is 1.62. The summed E-state index contributed by atoms with van der Waals surface area (Å²) in [6.07, 6.45) is 0. The number of aromatic nitrogens is 2. The number of rotatable bonds is 0. The van der Waals surface area contributed by atoms with Crippen LogP contribution in [0.15, 0.2) is 24.3 Å². The molecule has 0 fully saturated rings. The zero-order chi connectivity index (χ0) is 7.84. The van der Waals surface area contributed by atoms with Crippen molar-refractivity contribution in [2.24, 2.45) is 0 Å². The lowest BCUT2D eigenvalue weighted by Gasteiger charge is -1.95. The van der Waals surface area contributed by atoms with Crippen molar-refractivity contribution in [3.05, 3.63) is 30.0 Å². The Kier molecular flexibility index (Phi) is 1.12. The normalized spacial score (nSPS) is 10.6. The van der Waals surface area contributed by atoms with Crippen molar-refractivity contribution in [2.45, 2.75) is 6.92 Å². The standard InChI is InChI=1S/C8H8N2O/c1-6-2-3-7-4-5-8(11)10(7)9-6/h2-5,11H,1H3. The minimum atomic E-state index is 0.184. The van der Waals surface area contributed by atoms with Crippen LogP contribution in [0.1, 0.15) is 5.69 Å². The van der Waals surface area contributed by atoms with Crippen molar-refractivity contribution in [1.29, 1.82) is 0 Å². The van der Waals surface area contributed by atoms with Crippen molar-refractivity contribution in [2.75, 3.05) is 0 Å². The zero-order valence-corrected chi connectivity index (χ0v) is 6.15. The van der Waals surface area contributed by atoms with Crippen LogP contribution >= 0.6 is 0 Å². The molecular formula is C8H8N2O. The van der Waals surface area contributed by atoms with Crippen LogP contribution in [0.2, 0.25) is 0 Å². The van der Waals surface area contributed by atoms with Gasteiger partial charge in [0.05, 0.1) is 11.2 Å². The van der Waals surface area contributed by atoms with Gasteiger partial charge in [0.2, 0.25) is 5.88 Å². The molecule has 0 radical (unpaired) electrons. The topological polar surface area (TPSA) is 37.5 Å². The molecule has 0 atom stereocenters. The average Bonchev–Trinajstić information content (AvgIpc) is 2.33. The van der Waals surface area contributed by atoms with Crippen LogP contribution in [-0.2, 0) is 0 Å². The van der Waals surface area contributed by atoms with Gasteiger partial charge in [-0.15, -0.1) is 0 Å². The Labute approximate surface area is 63.9 Å². The van der Waals surface area contributed by atoms with Gasteiger partial charge in [-0.25, -0.2) is 4.52 Å². The van der Waals surface area contributed by atoms with Crippen molar-refractivity contribution < 1.29 is 5.11 Å². The first-order valence-corrected chi connectivity index (χ1v) is 3.42. The number of nitrogens with zero attached hydrogens (tertiary/aromatic N) is 2. The molecule has 0 spiro atoms. The number of aryl methyl sites for hydroxylation is 1. The largest absolute Gasteiger partial charge is 0.493 e. The summed E-state index contributed by atoms with van der Waals surface area (Å²) in [5, 5.41) is 13.3. The molecule has 0 aliphatic rings. The highest BCUT2D eigenvalue weighted by molar-refractivity contribution is 5.49. The lowest BCUT2D eigenvalue weighted by atomic mass is 10.4. The van der Waals surface area contributed by atoms with Gasteiger partial charge in [-0.1, -0.05) is 0 Å². The van der Waals surface area contributed by atoms with E-state index in [1.807, 2.05) is 25.1 Å². The van der Waals surface area contributed by atoms with Crippen LogP contribution in [0.5, 0.6) is 5.88 Å². The lowest BCUT2D eigenvalue weighted by Crippen LogP contribution is -1.91. The van der Waals surface area contributed by atoms with Crippen LogP contribution in [0, 0.1) is 6.92 Å². The Morgan fingerprint density at radius 3 is 2.82 bits per heavy atom. The Bertz CT molecular complexity index is 392. The summed E-state index contributed by atoms with van der Waals surface area (Å²) in [5.74, 6) is 0.184. The Hall–Kier alpha value is -1.51. The van der Waals surface area contributed by atoms with E-state index < -0.39 is 0 Å². The average molecular weight is 148 g/mol. The van der Waals surface area contributed by atoms with Gasteiger partial charge in [0.15, 0.2) is 0 Å². The van der Waals surface area contributed by atoms with E-state index in [2.05, 4.69) is 5.10 Å². The van der Waals surface area contributed by atoms with E-state index in [0.29, 0.717) is 0 Å². The van der Waals surface area contributed by atoms with Gasteiger partial charge < -0.3 is 5.11 Å². The molecule has 0 saturated carbocycles. The molecule has 0 bridgehead atoms. The smallest absolute Gasteiger partial charge is 0.212 e. The minimum Gasteiger partial charge on any atom is -0.493 e. The lowest BCUT2D eigenvalue weighted by molar-refractivity contribution is 0.438. The minimum absolute atomic E-state index is 0.184. The van der Waals surface area contributed by atoms with E-state index in [-0.39, 0.29) is 5.88 Å². The molecule has 2 rings (SSSR count). The van der Waals surface area contributed by atoms with Gasteiger partial charge in [-0.2, -0.15) is 5.10 Å². The predicted octanol–water partition coefficient (Wildman–Crippen LogP) is 1.35. The summed E-state index contributed by atoms with van der Waals surface area (Å²) in [6.45, 7) is 1.89. The maximum atomic E-state index is 9.24. The molecule has 2 heterocycles. The maximum Gasteiger partial charge on any atom is 0.212 e. The van der Waals surface area contributed by atoms with Crippen molar-refractivity contribution >= 4 is 5.52 Å². The van der Waals surface area contributed by atoms with Crippen LogP contribution in [0.25, 0.3) is 5.52 Å². The van der Waals surface area contributed by atoms with Gasteiger partial charge in [0.25, 0.3) is 0 Å². The van der Waals surface area contributed by atoms with Crippen LogP contribution in [0.3, 0.4) is 0 Å². The molecule has 3 heteroatoms. The predicted molar refractivity (Wildman–Crippen MR) is 41.6 cm³/mol. The number of hydrogen-bond acceptors (Lipinski definition) is 2. The maximum absolute atomic E-state index is 9.24. The second-order valence-corrected chi connectivity index (χ2v) is 2.50. The molecule has 2 aromatic rings. The van der Waals surface area contributed by atoms with Gasteiger partial charge in [0, 0.05) is 6.07 Å². The number of fused-ring (bicyclic) bond motifs is 1. The molecule has 56 valence electrons. The quantitative estimate of drug-likeness (QED) is 0.612. The molecule has 0 aliphatic carbocycles. The molecule has 1 N–H and O–H groups in total. The Morgan fingerprint density at radius 1 is 1.27 bits per heavy atom. The molecule has 0 saturated heterocycles. The van der Waals surface area contributed by atoms with Crippen molar-refractivity contribution in [3.63, 3.8) is 0 Å². The van der Waals surface area contributed by atoms with Gasteiger partial charge in [0.1, 0.15) is 0 Å². The highest BCUT2D eigenvalue weighted by Crippen LogP contribution is 2.13. The van der Waals surface area contributed by atoms with Crippen LogP contribution in [0.4, 0.5) is 0 Å². The summed E-state index contributed by atoms with van der Waals surface area (Å²) in [7, 11) is 0. The fourth-order valence-electron chi connectivity index (χ4n) is 1.07. The monoisotopic (exact) mass is 148 g/mol. The van der Waals surface area contributed by atoms with Crippen LogP contribution in [-0.4, -0.2) is 14.7 Å². The van der Waals surface area contributed by atoms with E-state index in [0.717, 1.165) is 11.2 Å². The molecule has 2 aromatic heterocycles. The molecule has 0 aliphatic heterocycles. The summed E-state index contributed by atoms with van der Waals surface area (Å²) in [4.78, 5) is 0. The Balaban J connectivity index is 2.87. The fraction of sp³-hybridized carbons (Fsp3) is 0.125. The van der Waals surface area contributed by atoms with Gasteiger partial charge >= 0.3 is 0 Å². The summed E-state index contributed by atoms with van der Waals surface area (Å²) < 4.78 is 1.51. The molecule has 0 amide bonds. The first-order valence-electron chi connectivity index (χ1n) is 3.42. The zero-order valence-electron chi connectivity index (χ0n) is 6.15. The van der Waals surface area contributed by atoms with Gasteiger partial charge in [-0.05, 0) is 25.1 Å². The second kappa shape index (κ2) is 1.99. The molecule has 3 nitrogen and oxygen atoms in total. The van der Waals surface area contributed by atoms with E-state index >= 15 is 0 Å². The van der Waals surface area contributed by atoms with E-state index in [1.54, 1.807) is 6.07 Å². The number of aromatic hydroxyl groups is 1. The molecular weight excluding hydrogens is 140 g/mol. The third-order valence-electron chi connectivity index (χ3n) is 1.62. The molecule has 11 heavy (non-hydrogen) atoms. The third kappa shape index (κ3) is 0.852. The first kappa shape index (κ1) is 6.22. The summed E-state index contributed by atoms with van der Waals surface area (Å²) in [6, 6.07) is 7.28. The summed E-state index contributed by atoms with van der Waals surface area (Å²) >= 11 is 0. The highest BCUT2D eigenvalue weighted by atomic mass is 16.3. The highest BCUT2D eigenvalue weighted by Gasteiger charge is 1.98. The van der Waals surface area contributed by atoms with Crippen molar-refractivity contribution in [1.82, 2.24) is 9.61 Å². The second-order valence-electron chi connectivity index (χ2n) is 2.50. The van der Waals surface area contributed by atoms with E-state index in [9.17, 15) is 5.11 Å². The molecule has 0 aromatic carbocycles. The van der Waals surface area contributed by atoms with Gasteiger partial charge in [-0.3, -0.25) is 0 Å². The van der Waals surface area contributed by atoms with Crippen LogP contribution < -0.4 is 0 Å². The van der Waals surface area contributed by atoms with Crippen molar-refractivity contribution in [3.8, 4) is 5.88 Å². The SMILES string of the molecule is Cc1ccc2ccc(O)n2n1. The Morgan fingerprint density at radius 2 is 2.00 bits per heavy atom. The fourth-order valence-corrected chi connectivity index (χ4v) is 1.07. The first-order chi connectivity index (χ1) is 5.27. The summed E-state index contributed by atoms with van der Waals surface area (Å²) in [5.41, 5.74) is 1.80. The molecule has 0 unspecified atom stereocenters. The van der Waals surface area contributed by atoms with E-state index in [4.69, 9.17) is 0 Å². The van der Waals surface area contributed by atoms with E-state index in [1.165, 1.54) is 4.52 Å². The number of hydrogen-bond donors (Lipinski definition) is 1.